The Morgan fingerprint density at radius 2 is 2.14 bits per heavy atom. The van der Waals surface area contributed by atoms with Crippen molar-refractivity contribution in [3.05, 3.63) is 35.9 Å². The van der Waals surface area contributed by atoms with Crippen LogP contribution in [0.5, 0.6) is 0 Å². The lowest BCUT2D eigenvalue weighted by molar-refractivity contribution is 0.0827. The van der Waals surface area contributed by atoms with Crippen LogP contribution >= 0.6 is 0 Å². The summed E-state index contributed by atoms with van der Waals surface area (Å²) >= 11 is 0. The lowest BCUT2D eigenvalue weighted by atomic mass is 10.1. The number of amides is 1. The summed E-state index contributed by atoms with van der Waals surface area (Å²) in [5.74, 6) is 0.734. The summed E-state index contributed by atoms with van der Waals surface area (Å²) in [5.41, 5.74) is 7.88. The summed E-state index contributed by atoms with van der Waals surface area (Å²) in [6.45, 7) is 1.97. The van der Waals surface area contributed by atoms with E-state index in [4.69, 9.17) is 5.73 Å². The highest BCUT2D eigenvalue weighted by Crippen LogP contribution is 2.24. The van der Waals surface area contributed by atoms with Crippen LogP contribution in [-0.2, 0) is 7.05 Å². The number of nitrogens with zero attached hydrogens (tertiary/aromatic N) is 4. The Morgan fingerprint density at radius 3 is 2.67 bits per heavy atom. The molecule has 0 saturated carbocycles. The van der Waals surface area contributed by atoms with Gasteiger partial charge in [0, 0.05) is 26.7 Å². The predicted molar refractivity (Wildman–Crippen MR) is 81.9 cm³/mol. The molecule has 1 atom stereocenters. The summed E-state index contributed by atoms with van der Waals surface area (Å²) in [7, 11) is 5.30. The summed E-state index contributed by atoms with van der Waals surface area (Å²) in [4.78, 5) is 13.4. The first kappa shape index (κ1) is 14.8. The number of anilines is 2. The number of nitrogens with two attached hydrogens (primary N) is 1. The standard InChI is InChI=1S/C14H20N6O/c1-9(13-18-16-8-20(13)4)17-12-6-5-10(7-11(12)15)14(21)19(2)3/h5-9,17H,15H2,1-4H3. The van der Waals surface area contributed by atoms with Crippen molar-refractivity contribution in [1.82, 2.24) is 19.7 Å². The molecule has 1 unspecified atom stereocenters. The van der Waals surface area contributed by atoms with Gasteiger partial charge in [0.2, 0.25) is 0 Å². The van der Waals surface area contributed by atoms with E-state index in [1.807, 2.05) is 18.5 Å². The molecule has 1 amide bonds. The van der Waals surface area contributed by atoms with Crippen LogP contribution in [0.4, 0.5) is 11.4 Å². The molecule has 0 radical (unpaired) electrons. The molecule has 0 saturated heterocycles. The van der Waals surface area contributed by atoms with E-state index in [0.29, 0.717) is 11.3 Å². The van der Waals surface area contributed by atoms with Crippen molar-refractivity contribution in [2.45, 2.75) is 13.0 Å². The number of aromatic nitrogens is 3. The number of carbonyl (C=O) groups excluding carboxylic acids is 1. The Balaban J connectivity index is 2.18. The van der Waals surface area contributed by atoms with Gasteiger partial charge in [0.1, 0.15) is 6.33 Å². The minimum Gasteiger partial charge on any atom is -0.397 e. The molecule has 0 bridgehead atoms. The predicted octanol–water partition coefficient (Wildman–Crippen LogP) is 1.27. The SMILES string of the molecule is CC(Nc1ccc(C(=O)N(C)C)cc1N)c1nncn1C. The van der Waals surface area contributed by atoms with E-state index in [-0.39, 0.29) is 11.9 Å². The Hall–Kier alpha value is -2.57. The molecular weight excluding hydrogens is 268 g/mol. The number of carbonyl (C=O) groups is 1. The molecule has 112 valence electrons. The van der Waals surface area contributed by atoms with Gasteiger partial charge in [0.05, 0.1) is 17.4 Å². The van der Waals surface area contributed by atoms with Gasteiger partial charge >= 0.3 is 0 Å². The highest BCUT2D eigenvalue weighted by Gasteiger charge is 2.14. The van der Waals surface area contributed by atoms with Crippen molar-refractivity contribution in [2.75, 3.05) is 25.1 Å². The van der Waals surface area contributed by atoms with Crippen LogP contribution in [0.2, 0.25) is 0 Å². The third-order valence-electron chi connectivity index (χ3n) is 3.21. The van der Waals surface area contributed by atoms with Gasteiger partial charge < -0.3 is 20.5 Å². The van der Waals surface area contributed by atoms with Crippen LogP contribution < -0.4 is 11.1 Å². The molecule has 1 heterocycles. The van der Waals surface area contributed by atoms with Crippen molar-refractivity contribution >= 4 is 17.3 Å². The van der Waals surface area contributed by atoms with Crippen molar-refractivity contribution in [3.63, 3.8) is 0 Å². The molecule has 0 aliphatic rings. The number of aryl methyl sites for hydroxylation is 1. The van der Waals surface area contributed by atoms with Gasteiger partial charge in [-0.3, -0.25) is 4.79 Å². The van der Waals surface area contributed by atoms with E-state index in [1.165, 1.54) is 4.90 Å². The second-order valence-electron chi connectivity index (χ2n) is 5.17. The Kier molecular flexibility index (Phi) is 4.11. The molecule has 2 rings (SSSR count). The fourth-order valence-electron chi connectivity index (χ4n) is 2.07. The van der Waals surface area contributed by atoms with E-state index in [9.17, 15) is 4.79 Å². The van der Waals surface area contributed by atoms with Gasteiger partial charge in [-0.1, -0.05) is 0 Å². The van der Waals surface area contributed by atoms with Crippen LogP contribution in [-0.4, -0.2) is 39.7 Å². The first-order valence-electron chi connectivity index (χ1n) is 6.61. The minimum atomic E-state index is -0.0744. The molecular formula is C14H20N6O. The maximum atomic E-state index is 11.9. The van der Waals surface area contributed by atoms with Gasteiger partial charge in [0.25, 0.3) is 5.91 Å². The number of rotatable bonds is 4. The Labute approximate surface area is 123 Å². The van der Waals surface area contributed by atoms with Crippen molar-refractivity contribution in [3.8, 4) is 0 Å². The Bertz CT molecular complexity index is 649. The van der Waals surface area contributed by atoms with Crippen molar-refractivity contribution < 1.29 is 4.79 Å². The second kappa shape index (κ2) is 5.82. The van der Waals surface area contributed by atoms with Crippen LogP contribution in [0.15, 0.2) is 24.5 Å². The zero-order valence-electron chi connectivity index (χ0n) is 12.7. The normalized spacial score (nSPS) is 12.0. The van der Waals surface area contributed by atoms with E-state index in [0.717, 1.165) is 11.5 Å². The number of hydrogen-bond donors (Lipinski definition) is 2. The van der Waals surface area contributed by atoms with Gasteiger partial charge in [0.15, 0.2) is 5.82 Å². The molecule has 0 aliphatic heterocycles. The lowest BCUT2D eigenvalue weighted by Gasteiger charge is -2.17. The summed E-state index contributed by atoms with van der Waals surface area (Å²) < 4.78 is 1.85. The third kappa shape index (κ3) is 3.13. The van der Waals surface area contributed by atoms with Gasteiger partial charge in [-0.2, -0.15) is 0 Å². The minimum absolute atomic E-state index is 0.0461. The molecule has 0 aliphatic carbocycles. The number of benzene rings is 1. The molecule has 0 spiro atoms. The zero-order chi connectivity index (χ0) is 15.6. The largest absolute Gasteiger partial charge is 0.397 e. The van der Waals surface area contributed by atoms with E-state index < -0.39 is 0 Å². The van der Waals surface area contributed by atoms with Crippen LogP contribution in [0.25, 0.3) is 0 Å². The summed E-state index contributed by atoms with van der Waals surface area (Å²) in [6.07, 6.45) is 1.65. The second-order valence-corrected chi connectivity index (χ2v) is 5.17. The van der Waals surface area contributed by atoms with Gasteiger partial charge in [-0.15, -0.1) is 10.2 Å². The summed E-state index contributed by atoms with van der Waals surface area (Å²) in [6, 6.07) is 5.19. The maximum Gasteiger partial charge on any atom is 0.253 e. The maximum absolute atomic E-state index is 11.9. The molecule has 7 nitrogen and oxygen atoms in total. The average molecular weight is 288 g/mol. The topological polar surface area (TPSA) is 89.1 Å². The zero-order valence-corrected chi connectivity index (χ0v) is 12.7. The van der Waals surface area contributed by atoms with Gasteiger partial charge in [-0.25, -0.2) is 0 Å². The molecule has 2 aromatic rings. The molecule has 1 aromatic heterocycles. The fourth-order valence-corrected chi connectivity index (χ4v) is 2.07. The third-order valence-corrected chi connectivity index (χ3v) is 3.21. The first-order chi connectivity index (χ1) is 9.90. The van der Waals surface area contributed by atoms with E-state index in [1.54, 1.807) is 38.6 Å². The lowest BCUT2D eigenvalue weighted by Crippen LogP contribution is -2.22. The average Bonchev–Trinajstić information content (AvgIpc) is 2.86. The van der Waals surface area contributed by atoms with E-state index in [2.05, 4.69) is 15.5 Å². The smallest absolute Gasteiger partial charge is 0.253 e. The molecule has 1 aromatic carbocycles. The Morgan fingerprint density at radius 1 is 1.43 bits per heavy atom. The monoisotopic (exact) mass is 288 g/mol. The highest BCUT2D eigenvalue weighted by atomic mass is 16.2. The molecule has 0 fully saturated rings. The molecule has 7 heteroatoms. The van der Waals surface area contributed by atoms with Crippen molar-refractivity contribution in [2.24, 2.45) is 7.05 Å². The summed E-state index contributed by atoms with van der Waals surface area (Å²) in [5, 5.41) is 11.2. The highest BCUT2D eigenvalue weighted by molar-refractivity contribution is 5.95. The van der Waals surface area contributed by atoms with Crippen molar-refractivity contribution in [1.29, 1.82) is 0 Å². The fraction of sp³-hybridized carbons (Fsp3) is 0.357. The van der Waals surface area contributed by atoms with Crippen LogP contribution in [0.1, 0.15) is 29.1 Å². The quantitative estimate of drug-likeness (QED) is 0.827. The molecule has 3 N–H and O–H groups in total. The van der Waals surface area contributed by atoms with E-state index >= 15 is 0 Å². The number of nitrogen functional groups attached to an aromatic ring is 1. The number of nitrogens with one attached hydrogen (secondary N) is 1. The number of hydrogen-bond acceptors (Lipinski definition) is 5. The van der Waals surface area contributed by atoms with Gasteiger partial charge in [-0.05, 0) is 25.1 Å². The van der Waals surface area contributed by atoms with Crippen LogP contribution in [0, 0.1) is 0 Å². The first-order valence-corrected chi connectivity index (χ1v) is 6.61. The van der Waals surface area contributed by atoms with Crippen LogP contribution in [0.3, 0.4) is 0 Å². The molecule has 21 heavy (non-hydrogen) atoms.